The van der Waals surface area contributed by atoms with Gasteiger partial charge in [0.1, 0.15) is 12.7 Å². The van der Waals surface area contributed by atoms with Gasteiger partial charge < -0.3 is 14.4 Å². The monoisotopic (exact) mass is 410 g/mol. The molecule has 0 radical (unpaired) electrons. The van der Waals surface area contributed by atoms with Crippen LogP contribution in [0.5, 0.6) is 0 Å². The summed E-state index contributed by atoms with van der Waals surface area (Å²) < 4.78 is 11.0. The van der Waals surface area contributed by atoms with Crippen molar-refractivity contribution in [2.75, 3.05) is 13.1 Å². The summed E-state index contributed by atoms with van der Waals surface area (Å²) in [6.07, 6.45) is 0.885. The lowest BCUT2D eigenvalue weighted by atomic mass is 10.0. The molecule has 1 saturated heterocycles. The van der Waals surface area contributed by atoms with Crippen molar-refractivity contribution in [3.05, 3.63) is 75.8 Å². The minimum Gasteiger partial charge on any atom is -0.459 e. The molecule has 2 atom stereocenters. The van der Waals surface area contributed by atoms with E-state index < -0.39 is 10.9 Å². The van der Waals surface area contributed by atoms with Crippen LogP contribution >= 0.6 is 0 Å². The molecule has 2 aromatic rings. The van der Waals surface area contributed by atoms with E-state index in [9.17, 15) is 19.7 Å². The molecule has 8 nitrogen and oxygen atoms in total. The standard InChI is InChI=1S/C22H22N2O6/c25-21(16-6-8-19(9-7-16)24(27)28)30-20-10-17-12-23(13-18(17)11-20)22(26)29-14-15-4-2-1-3-5-15/h1-9,17-18,20H,10-14H2. The molecule has 0 spiro atoms. The third-order valence-corrected chi connectivity index (χ3v) is 5.76. The van der Waals surface area contributed by atoms with Crippen molar-refractivity contribution in [2.45, 2.75) is 25.6 Å². The molecule has 0 aromatic heterocycles. The van der Waals surface area contributed by atoms with Crippen LogP contribution in [0.2, 0.25) is 0 Å². The highest BCUT2D eigenvalue weighted by Crippen LogP contribution is 2.40. The summed E-state index contributed by atoms with van der Waals surface area (Å²) in [5.41, 5.74) is 1.17. The summed E-state index contributed by atoms with van der Waals surface area (Å²) in [6, 6.07) is 14.9. The Balaban J connectivity index is 1.24. The molecule has 1 aliphatic heterocycles. The van der Waals surface area contributed by atoms with E-state index in [-0.39, 0.29) is 36.3 Å². The number of non-ortho nitro benzene ring substituents is 1. The number of hydrogen-bond donors (Lipinski definition) is 0. The van der Waals surface area contributed by atoms with E-state index >= 15 is 0 Å². The average Bonchev–Trinajstić information content (AvgIpc) is 3.31. The Labute approximate surface area is 173 Å². The van der Waals surface area contributed by atoms with Crippen LogP contribution < -0.4 is 0 Å². The number of rotatable bonds is 5. The lowest BCUT2D eigenvalue weighted by Gasteiger charge is -2.19. The number of fused-ring (bicyclic) bond motifs is 1. The Hall–Kier alpha value is -3.42. The summed E-state index contributed by atoms with van der Waals surface area (Å²) in [5.74, 6) is 0.0851. The molecule has 1 saturated carbocycles. The van der Waals surface area contributed by atoms with Crippen LogP contribution in [0.25, 0.3) is 0 Å². The zero-order valence-electron chi connectivity index (χ0n) is 16.3. The van der Waals surface area contributed by atoms with Gasteiger partial charge in [0.25, 0.3) is 5.69 Å². The van der Waals surface area contributed by atoms with Crippen molar-refractivity contribution in [1.82, 2.24) is 4.90 Å². The van der Waals surface area contributed by atoms with Crippen LogP contribution in [-0.2, 0) is 16.1 Å². The Morgan fingerprint density at radius 3 is 2.23 bits per heavy atom. The fourth-order valence-corrected chi connectivity index (χ4v) is 4.24. The predicted molar refractivity (Wildman–Crippen MR) is 107 cm³/mol. The summed E-state index contributed by atoms with van der Waals surface area (Å²) >= 11 is 0. The molecular weight excluding hydrogens is 388 g/mol. The van der Waals surface area contributed by atoms with Gasteiger partial charge in [0.15, 0.2) is 0 Å². The second-order valence-corrected chi connectivity index (χ2v) is 7.77. The maximum absolute atomic E-state index is 12.3. The fourth-order valence-electron chi connectivity index (χ4n) is 4.24. The highest BCUT2D eigenvalue weighted by Gasteiger charge is 2.44. The van der Waals surface area contributed by atoms with Crippen molar-refractivity contribution in [2.24, 2.45) is 11.8 Å². The Bertz CT molecular complexity index is 916. The molecule has 2 fully saturated rings. The van der Waals surface area contributed by atoms with E-state index in [1.54, 1.807) is 4.90 Å². The maximum Gasteiger partial charge on any atom is 0.410 e. The zero-order chi connectivity index (χ0) is 21.1. The highest BCUT2D eigenvalue weighted by atomic mass is 16.6. The van der Waals surface area contributed by atoms with Gasteiger partial charge in [-0.3, -0.25) is 10.1 Å². The Morgan fingerprint density at radius 2 is 1.63 bits per heavy atom. The van der Waals surface area contributed by atoms with Gasteiger partial charge >= 0.3 is 12.1 Å². The Kier molecular flexibility index (Phi) is 5.65. The SMILES string of the molecule is O=C(OC1CC2CN(C(=O)OCc3ccccc3)CC2C1)c1ccc([N+](=O)[O-])cc1. The quantitative estimate of drug-likeness (QED) is 0.422. The number of carbonyl (C=O) groups is 2. The first-order valence-electron chi connectivity index (χ1n) is 9.90. The summed E-state index contributed by atoms with van der Waals surface area (Å²) in [7, 11) is 0. The normalized spacial score (nSPS) is 22.4. The van der Waals surface area contributed by atoms with Crippen molar-refractivity contribution < 1.29 is 24.0 Å². The van der Waals surface area contributed by atoms with Gasteiger partial charge in [-0.25, -0.2) is 9.59 Å². The minimum absolute atomic E-state index is 0.0683. The van der Waals surface area contributed by atoms with Gasteiger partial charge in [0.05, 0.1) is 10.5 Å². The van der Waals surface area contributed by atoms with Gasteiger partial charge in [0, 0.05) is 25.2 Å². The number of likely N-dealkylation sites (tertiary alicyclic amines) is 1. The highest BCUT2D eigenvalue weighted by molar-refractivity contribution is 5.89. The molecular formula is C22H22N2O6. The summed E-state index contributed by atoms with van der Waals surface area (Å²) in [5, 5.41) is 10.7. The molecule has 30 heavy (non-hydrogen) atoms. The fraction of sp³-hybridized carbons (Fsp3) is 0.364. The number of nitro benzene ring substituents is 1. The first kappa shape index (κ1) is 19.9. The topological polar surface area (TPSA) is 99.0 Å². The molecule has 156 valence electrons. The number of ether oxygens (including phenoxy) is 2. The number of benzene rings is 2. The first-order valence-corrected chi connectivity index (χ1v) is 9.90. The smallest absolute Gasteiger partial charge is 0.410 e. The van der Waals surface area contributed by atoms with E-state index in [0.29, 0.717) is 31.5 Å². The second kappa shape index (κ2) is 8.52. The van der Waals surface area contributed by atoms with Crippen LogP contribution in [0, 0.1) is 22.0 Å². The van der Waals surface area contributed by atoms with E-state index in [0.717, 1.165) is 5.56 Å². The average molecular weight is 410 g/mol. The largest absolute Gasteiger partial charge is 0.459 e. The third kappa shape index (κ3) is 4.42. The van der Waals surface area contributed by atoms with Crippen molar-refractivity contribution >= 4 is 17.7 Å². The van der Waals surface area contributed by atoms with Gasteiger partial charge in [-0.05, 0) is 42.4 Å². The van der Waals surface area contributed by atoms with E-state index in [1.165, 1.54) is 24.3 Å². The summed E-state index contributed by atoms with van der Waals surface area (Å²) in [4.78, 5) is 36.6. The van der Waals surface area contributed by atoms with Crippen LogP contribution in [0.15, 0.2) is 54.6 Å². The van der Waals surface area contributed by atoms with Crippen molar-refractivity contribution in [1.29, 1.82) is 0 Å². The molecule has 2 aromatic carbocycles. The molecule has 0 N–H and O–H groups in total. The molecule has 4 rings (SSSR count). The number of nitrogens with zero attached hydrogens (tertiary/aromatic N) is 2. The molecule has 2 aliphatic rings. The van der Waals surface area contributed by atoms with E-state index in [2.05, 4.69) is 0 Å². The van der Waals surface area contributed by atoms with Gasteiger partial charge in [-0.2, -0.15) is 0 Å². The van der Waals surface area contributed by atoms with Crippen molar-refractivity contribution in [3.63, 3.8) is 0 Å². The number of carbonyl (C=O) groups excluding carboxylic acids is 2. The zero-order valence-corrected chi connectivity index (χ0v) is 16.3. The number of hydrogen-bond acceptors (Lipinski definition) is 6. The molecule has 8 heteroatoms. The van der Waals surface area contributed by atoms with E-state index in [4.69, 9.17) is 9.47 Å². The molecule has 1 amide bonds. The molecule has 0 bridgehead atoms. The van der Waals surface area contributed by atoms with Crippen LogP contribution in [0.3, 0.4) is 0 Å². The van der Waals surface area contributed by atoms with Crippen molar-refractivity contribution in [3.8, 4) is 0 Å². The molecule has 2 unspecified atom stereocenters. The third-order valence-electron chi connectivity index (χ3n) is 5.76. The van der Waals surface area contributed by atoms with Crippen LogP contribution in [-0.4, -0.2) is 41.1 Å². The minimum atomic E-state index is -0.510. The van der Waals surface area contributed by atoms with Gasteiger partial charge in [0.2, 0.25) is 0 Å². The van der Waals surface area contributed by atoms with Gasteiger partial charge in [-0.1, -0.05) is 30.3 Å². The molecule has 1 heterocycles. The number of esters is 1. The molecule has 1 aliphatic carbocycles. The lowest BCUT2D eigenvalue weighted by molar-refractivity contribution is -0.384. The van der Waals surface area contributed by atoms with Crippen LogP contribution in [0.1, 0.15) is 28.8 Å². The predicted octanol–water partition coefficient (Wildman–Crippen LogP) is 3.80. The Morgan fingerprint density at radius 1 is 1.00 bits per heavy atom. The lowest BCUT2D eigenvalue weighted by Crippen LogP contribution is -2.31. The van der Waals surface area contributed by atoms with Crippen LogP contribution in [0.4, 0.5) is 10.5 Å². The van der Waals surface area contributed by atoms with Gasteiger partial charge in [-0.15, -0.1) is 0 Å². The number of nitro groups is 1. The first-order chi connectivity index (χ1) is 14.5. The number of amides is 1. The maximum atomic E-state index is 12.3. The second-order valence-electron chi connectivity index (χ2n) is 7.77. The summed E-state index contributed by atoms with van der Waals surface area (Å²) in [6.45, 7) is 1.45. The van der Waals surface area contributed by atoms with E-state index in [1.807, 2.05) is 30.3 Å².